The molecule has 0 saturated carbocycles. The smallest absolute Gasteiger partial charge is 0.323 e. The molecule has 6 heteroatoms. The van der Waals surface area contributed by atoms with Gasteiger partial charge in [-0.05, 0) is 6.42 Å². The summed E-state index contributed by atoms with van der Waals surface area (Å²) in [7, 11) is 0. The van der Waals surface area contributed by atoms with Crippen LogP contribution in [0.25, 0.3) is 0 Å². The number of carbonyl (C=O) groups is 1. The number of halogens is 4. The highest BCUT2D eigenvalue weighted by atomic mass is 19.3. The summed E-state index contributed by atoms with van der Waals surface area (Å²) in [6, 6.07) is 0. The van der Waals surface area contributed by atoms with Gasteiger partial charge in [0.1, 0.15) is 5.92 Å². The molecule has 0 radical (unpaired) electrons. The molecule has 0 aromatic rings. The van der Waals surface area contributed by atoms with E-state index in [1.165, 1.54) is 0 Å². The quantitative estimate of drug-likeness (QED) is 0.710. The van der Waals surface area contributed by atoms with Crippen LogP contribution in [-0.4, -0.2) is 22.9 Å². The van der Waals surface area contributed by atoms with E-state index in [4.69, 9.17) is 5.11 Å². The monoisotopic (exact) mass is 202 g/mol. The minimum absolute atomic E-state index is 0.0125. The van der Waals surface area contributed by atoms with Gasteiger partial charge in [-0.25, -0.2) is 8.78 Å². The molecule has 0 heterocycles. The molecule has 0 saturated heterocycles. The summed E-state index contributed by atoms with van der Waals surface area (Å²) in [6.07, 6.45) is -0.536. The molecule has 0 aromatic carbocycles. The van der Waals surface area contributed by atoms with Crippen LogP contribution in [0.4, 0.5) is 17.6 Å². The minimum Gasteiger partial charge on any atom is -0.481 e. The maximum atomic E-state index is 12.7. The normalized spacial score (nSPS) is 15.5. The van der Waals surface area contributed by atoms with Crippen molar-refractivity contribution in [3.05, 3.63) is 0 Å². The van der Waals surface area contributed by atoms with Gasteiger partial charge in [-0.2, -0.15) is 8.78 Å². The molecule has 0 aliphatic rings. The van der Waals surface area contributed by atoms with Crippen LogP contribution >= 0.6 is 0 Å². The first-order valence-corrected chi connectivity index (χ1v) is 3.63. The third-order valence-electron chi connectivity index (χ3n) is 1.73. The first-order chi connectivity index (χ1) is 5.64. The standard InChI is InChI=1S/C7H10F4O2/c1-3-4(5(12)13)7(10,11)6(2,8)9/h4H,3H2,1-2H3,(H,12,13). The van der Waals surface area contributed by atoms with Crippen LogP contribution in [0.5, 0.6) is 0 Å². The van der Waals surface area contributed by atoms with E-state index in [1.807, 2.05) is 0 Å². The average molecular weight is 202 g/mol. The third kappa shape index (κ3) is 2.32. The molecule has 78 valence electrons. The molecule has 0 fully saturated rings. The van der Waals surface area contributed by atoms with Crippen molar-refractivity contribution in [2.45, 2.75) is 32.1 Å². The molecule has 0 aromatic heterocycles. The van der Waals surface area contributed by atoms with Crippen LogP contribution in [0, 0.1) is 5.92 Å². The topological polar surface area (TPSA) is 37.3 Å². The van der Waals surface area contributed by atoms with Gasteiger partial charge in [0, 0.05) is 6.92 Å². The summed E-state index contributed by atoms with van der Waals surface area (Å²) in [5.41, 5.74) is 0. The molecule has 0 aliphatic carbocycles. The van der Waals surface area contributed by atoms with E-state index < -0.39 is 30.2 Å². The predicted octanol–water partition coefficient (Wildman–Crippen LogP) is 2.39. The lowest BCUT2D eigenvalue weighted by Gasteiger charge is -2.27. The van der Waals surface area contributed by atoms with Crippen molar-refractivity contribution in [3.8, 4) is 0 Å². The van der Waals surface area contributed by atoms with Crippen LogP contribution in [0.1, 0.15) is 20.3 Å². The van der Waals surface area contributed by atoms with Crippen LogP contribution in [0.2, 0.25) is 0 Å². The predicted molar refractivity (Wildman–Crippen MR) is 37.0 cm³/mol. The van der Waals surface area contributed by atoms with Gasteiger partial charge < -0.3 is 5.11 Å². The zero-order valence-corrected chi connectivity index (χ0v) is 7.15. The third-order valence-corrected chi connectivity index (χ3v) is 1.73. The molecule has 1 unspecified atom stereocenters. The summed E-state index contributed by atoms with van der Waals surface area (Å²) in [5, 5.41) is 8.26. The summed E-state index contributed by atoms with van der Waals surface area (Å²) in [5.74, 6) is -13.1. The summed E-state index contributed by atoms with van der Waals surface area (Å²) in [4.78, 5) is 10.2. The van der Waals surface area contributed by atoms with E-state index in [9.17, 15) is 22.4 Å². The molecule has 13 heavy (non-hydrogen) atoms. The zero-order valence-electron chi connectivity index (χ0n) is 7.15. The fraction of sp³-hybridized carbons (Fsp3) is 0.857. The fourth-order valence-electron chi connectivity index (χ4n) is 0.892. The number of aliphatic carboxylic acids is 1. The van der Waals surface area contributed by atoms with Crippen molar-refractivity contribution in [2.24, 2.45) is 5.92 Å². The Morgan fingerprint density at radius 1 is 1.38 bits per heavy atom. The van der Waals surface area contributed by atoms with Gasteiger partial charge in [-0.15, -0.1) is 0 Å². The van der Waals surface area contributed by atoms with Gasteiger partial charge in [-0.1, -0.05) is 6.92 Å². The number of rotatable bonds is 4. The van der Waals surface area contributed by atoms with Crippen molar-refractivity contribution in [2.75, 3.05) is 0 Å². The molecule has 0 rings (SSSR count). The molecule has 2 nitrogen and oxygen atoms in total. The van der Waals surface area contributed by atoms with Crippen molar-refractivity contribution in [3.63, 3.8) is 0 Å². The summed E-state index contributed by atoms with van der Waals surface area (Å²) < 4.78 is 50.0. The van der Waals surface area contributed by atoms with E-state index in [0.29, 0.717) is 0 Å². The Balaban J connectivity index is 4.89. The second-order valence-corrected chi connectivity index (χ2v) is 2.81. The second kappa shape index (κ2) is 3.51. The molecular weight excluding hydrogens is 192 g/mol. The first kappa shape index (κ1) is 12.2. The Kier molecular flexibility index (Phi) is 3.29. The van der Waals surface area contributed by atoms with E-state index in [-0.39, 0.29) is 6.92 Å². The minimum atomic E-state index is -4.51. The number of carboxylic acids is 1. The van der Waals surface area contributed by atoms with Crippen LogP contribution in [0.3, 0.4) is 0 Å². The molecule has 0 spiro atoms. The molecule has 1 atom stereocenters. The average Bonchev–Trinajstić information content (AvgIpc) is 1.83. The molecule has 0 amide bonds. The van der Waals surface area contributed by atoms with E-state index in [2.05, 4.69) is 0 Å². The molecule has 1 N–H and O–H groups in total. The number of carboxylic acid groups (broad SMARTS) is 1. The SMILES string of the molecule is CCC(C(=O)O)C(F)(F)C(C)(F)F. The second-order valence-electron chi connectivity index (χ2n) is 2.81. The largest absolute Gasteiger partial charge is 0.481 e. The highest BCUT2D eigenvalue weighted by Gasteiger charge is 2.59. The van der Waals surface area contributed by atoms with E-state index in [1.54, 1.807) is 0 Å². The maximum absolute atomic E-state index is 12.7. The number of hydrogen-bond donors (Lipinski definition) is 1. The van der Waals surface area contributed by atoms with Crippen LogP contribution < -0.4 is 0 Å². The summed E-state index contributed by atoms with van der Waals surface area (Å²) in [6.45, 7) is 1.14. The van der Waals surface area contributed by atoms with Crippen molar-refractivity contribution in [1.82, 2.24) is 0 Å². The van der Waals surface area contributed by atoms with Gasteiger partial charge in [0.15, 0.2) is 0 Å². The van der Waals surface area contributed by atoms with Crippen molar-refractivity contribution >= 4 is 5.97 Å². The Morgan fingerprint density at radius 2 is 1.77 bits per heavy atom. The lowest BCUT2D eigenvalue weighted by molar-refractivity contribution is -0.230. The number of hydrogen-bond acceptors (Lipinski definition) is 1. The Labute approximate surface area is 72.5 Å². The van der Waals surface area contributed by atoms with Gasteiger partial charge in [0.25, 0.3) is 0 Å². The van der Waals surface area contributed by atoms with Crippen LogP contribution in [-0.2, 0) is 4.79 Å². The summed E-state index contributed by atoms with van der Waals surface area (Å²) >= 11 is 0. The molecular formula is C7H10F4O2. The van der Waals surface area contributed by atoms with Gasteiger partial charge in [0.05, 0.1) is 0 Å². The lowest BCUT2D eigenvalue weighted by atomic mass is 9.94. The highest BCUT2D eigenvalue weighted by Crippen LogP contribution is 2.41. The highest BCUT2D eigenvalue weighted by molar-refractivity contribution is 5.71. The Morgan fingerprint density at radius 3 is 1.85 bits per heavy atom. The maximum Gasteiger partial charge on any atom is 0.323 e. The molecule has 0 bridgehead atoms. The van der Waals surface area contributed by atoms with E-state index in [0.717, 1.165) is 6.92 Å². The van der Waals surface area contributed by atoms with E-state index >= 15 is 0 Å². The Hall–Kier alpha value is -0.810. The Bertz CT molecular complexity index is 197. The van der Waals surface area contributed by atoms with Crippen molar-refractivity contribution < 1.29 is 27.5 Å². The fourth-order valence-corrected chi connectivity index (χ4v) is 0.892. The van der Waals surface area contributed by atoms with Gasteiger partial charge in [0.2, 0.25) is 0 Å². The number of alkyl halides is 4. The van der Waals surface area contributed by atoms with Crippen LogP contribution in [0.15, 0.2) is 0 Å². The lowest BCUT2D eigenvalue weighted by Crippen LogP contribution is -2.47. The first-order valence-electron chi connectivity index (χ1n) is 3.63. The van der Waals surface area contributed by atoms with Gasteiger partial charge >= 0.3 is 17.8 Å². The van der Waals surface area contributed by atoms with Crippen molar-refractivity contribution in [1.29, 1.82) is 0 Å². The molecule has 0 aliphatic heterocycles. The zero-order chi connectivity index (χ0) is 10.9. The van der Waals surface area contributed by atoms with Gasteiger partial charge in [-0.3, -0.25) is 4.79 Å².